The predicted molar refractivity (Wildman–Crippen MR) is 120 cm³/mol. The van der Waals surface area contributed by atoms with Gasteiger partial charge in [-0.1, -0.05) is 50.6 Å². The minimum absolute atomic E-state index is 0.00693. The van der Waals surface area contributed by atoms with E-state index in [1.54, 1.807) is 0 Å². The van der Waals surface area contributed by atoms with Crippen molar-refractivity contribution < 1.29 is 4.79 Å². The monoisotopic (exact) mass is 415 g/mol. The molecular formula is C23H33N3O2S. The van der Waals surface area contributed by atoms with Crippen molar-refractivity contribution in [3.05, 3.63) is 34.6 Å². The minimum Gasteiger partial charge on any atom is -0.351 e. The summed E-state index contributed by atoms with van der Waals surface area (Å²) in [6.07, 6.45) is 3.28. The maximum absolute atomic E-state index is 13.5. The van der Waals surface area contributed by atoms with Crippen LogP contribution in [0.2, 0.25) is 0 Å². The molecule has 158 valence electrons. The van der Waals surface area contributed by atoms with E-state index in [9.17, 15) is 9.59 Å². The second kappa shape index (κ2) is 8.50. The quantitative estimate of drug-likeness (QED) is 0.576. The van der Waals surface area contributed by atoms with Gasteiger partial charge in [0.2, 0.25) is 5.91 Å². The molecule has 0 aliphatic heterocycles. The Morgan fingerprint density at radius 3 is 2.62 bits per heavy atom. The van der Waals surface area contributed by atoms with Crippen LogP contribution in [-0.2, 0) is 4.79 Å². The fourth-order valence-electron chi connectivity index (χ4n) is 4.10. The Hall–Kier alpha value is -1.82. The second-order valence-electron chi connectivity index (χ2n) is 9.42. The highest BCUT2D eigenvalue weighted by atomic mass is 32.2. The molecule has 1 aromatic carbocycles. The maximum atomic E-state index is 13.5. The molecule has 0 spiro atoms. The van der Waals surface area contributed by atoms with E-state index in [0.29, 0.717) is 27.9 Å². The second-order valence-corrected chi connectivity index (χ2v) is 10.7. The third-order valence-electron chi connectivity index (χ3n) is 5.92. The number of hydrogen-bond acceptors (Lipinski definition) is 4. The SMILES string of the molecule is C[C@@H]1[C@H](C)CCC[C@@H]1n1c(S[C@@H](C)C(=O)NC(C)(C)C)nc2ccccc2c1=O. The first kappa shape index (κ1) is 21.9. The van der Waals surface area contributed by atoms with Crippen molar-refractivity contribution in [3.8, 4) is 0 Å². The molecular weight excluding hydrogens is 382 g/mol. The summed E-state index contributed by atoms with van der Waals surface area (Å²) in [6.45, 7) is 12.3. The molecule has 0 saturated heterocycles. The van der Waals surface area contributed by atoms with Crippen molar-refractivity contribution in [3.63, 3.8) is 0 Å². The van der Waals surface area contributed by atoms with Gasteiger partial charge < -0.3 is 5.32 Å². The van der Waals surface area contributed by atoms with E-state index in [0.717, 1.165) is 12.8 Å². The van der Waals surface area contributed by atoms with Crippen LogP contribution in [0.25, 0.3) is 10.9 Å². The number of para-hydroxylation sites is 1. The highest BCUT2D eigenvalue weighted by Crippen LogP contribution is 2.39. The summed E-state index contributed by atoms with van der Waals surface area (Å²) in [6, 6.07) is 7.62. The van der Waals surface area contributed by atoms with Crippen molar-refractivity contribution in [1.29, 1.82) is 0 Å². The van der Waals surface area contributed by atoms with E-state index in [4.69, 9.17) is 4.98 Å². The van der Waals surface area contributed by atoms with E-state index in [-0.39, 0.29) is 28.3 Å². The van der Waals surface area contributed by atoms with Gasteiger partial charge >= 0.3 is 0 Å². The lowest BCUT2D eigenvalue weighted by atomic mass is 9.78. The minimum atomic E-state index is -0.343. The molecule has 5 nitrogen and oxygen atoms in total. The largest absolute Gasteiger partial charge is 0.351 e. The van der Waals surface area contributed by atoms with Gasteiger partial charge in [-0.25, -0.2) is 4.98 Å². The maximum Gasteiger partial charge on any atom is 0.262 e. The average molecular weight is 416 g/mol. The Labute approximate surface area is 177 Å². The van der Waals surface area contributed by atoms with E-state index in [1.807, 2.05) is 56.5 Å². The molecule has 0 radical (unpaired) electrons. The number of carbonyl (C=O) groups excluding carboxylic acids is 1. The smallest absolute Gasteiger partial charge is 0.262 e. The zero-order chi connectivity index (χ0) is 21.3. The van der Waals surface area contributed by atoms with Gasteiger partial charge in [-0.2, -0.15) is 0 Å². The number of fused-ring (bicyclic) bond motifs is 1. The topological polar surface area (TPSA) is 64.0 Å². The number of thioether (sulfide) groups is 1. The van der Waals surface area contributed by atoms with Gasteiger partial charge in [-0.3, -0.25) is 14.2 Å². The van der Waals surface area contributed by atoms with Crippen molar-refractivity contribution in [1.82, 2.24) is 14.9 Å². The van der Waals surface area contributed by atoms with Gasteiger partial charge in [0.25, 0.3) is 5.56 Å². The summed E-state index contributed by atoms with van der Waals surface area (Å²) in [5, 5.41) is 3.98. The molecule has 1 aliphatic carbocycles. The third kappa shape index (κ3) is 4.85. The van der Waals surface area contributed by atoms with Crippen LogP contribution in [0, 0.1) is 11.8 Å². The zero-order valence-corrected chi connectivity index (χ0v) is 19.2. The number of hydrogen-bond donors (Lipinski definition) is 1. The van der Waals surface area contributed by atoms with Crippen molar-refractivity contribution in [2.45, 2.75) is 82.8 Å². The van der Waals surface area contributed by atoms with Crippen LogP contribution < -0.4 is 10.9 Å². The van der Waals surface area contributed by atoms with Crippen molar-refractivity contribution in [2.24, 2.45) is 11.8 Å². The van der Waals surface area contributed by atoms with Crippen molar-refractivity contribution in [2.75, 3.05) is 0 Å². The molecule has 3 rings (SSSR count). The van der Waals surface area contributed by atoms with Crippen LogP contribution in [0.1, 0.15) is 66.8 Å². The van der Waals surface area contributed by atoms with Crippen molar-refractivity contribution >= 4 is 28.6 Å². The normalized spacial score (nSPS) is 23.7. The summed E-state index contributed by atoms with van der Waals surface area (Å²) in [4.78, 5) is 31.0. The van der Waals surface area contributed by atoms with Gasteiger partial charge in [0.1, 0.15) is 0 Å². The number of carbonyl (C=O) groups is 1. The summed E-state index contributed by atoms with van der Waals surface area (Å²) in [7, 11) is 0. The predicted octanol–water partition coefficient (Wildman–Crippen LogP) is 4.79. The lowest BCUT2D eigenvalue weighted by Gasteiger charge is -2.36. The van der Waals surface area contributed by atoms with Crippen LogP contribution in [0.15, 0.2) is 34.2 Å². The molecule has 4 atom stereocenters. The Kier molecular flexibility index (Phi) is 6.42. The van der Waals surface area contributed by atoms with E-state index in [1.165, 1.54) is 18.2 Å². The molecule has 0 bridgehead atoms. The molecule has 1 amide bonds. The molecule has 29 heavy (non-hydrogen) atoms. The van der Waals surface area contributed by atoms with Gasteiger partial charge in [0, 0.05) is 11.6 Å². The standard InChI is InChI=1S/C23H33N3O2S/c1-14-10-9-13-19(15(14)2)26-21(28)17-11-7-8-12-18(17)24-22(26)29-16(3)20(27)25-23(4,5)6/h7-8,11-12,14-16,19H,9-10,13H2,1-6H3,(H,25,27)/t14-,15-,16+,19+/m1/s1. The Balaban J connectivity index is 2.05. The van der Waals surface area contributed by atoms with E-state index < -0.39 is 0 Å². The summed E-state index contributed by atoms with van der Waals surface area (Å²) < 4.78 is 1.88. The van der Waals surface area contributed by atoms with E-state index in [2.05, 4.69) is 19.2 Å². The molecule has 1 aliphatic rings. The molecule has 1 aromatic heterocycles. The Bertz CT molecular complexity index is 947. The van der Waals surface area contributed by atoms with Crippen LogP contribution in [0.5, 0.6) is 0 Å². The zero-order valence-electron chi connectivity index (χ0n) is 18.4. The summed E-state index contributed by atoms with van der Waals surface area (Å²) in [5.74, 6) is 0.913. The number of rotatable bonds is 4. The van der Waals surface area contributed by atoms with Gasteiger partial charge in [0.05, 0.1) is 16.2 Å². The fraction of sp³-hybridized carbons (Fsp3) is 0.609. The molecule has 6 heteroatoms. The molecule has 1 saturated carbocycles. The lowest BCUT2D eigenvalue weighted by molar-refractivity contribution is -0.121. The number of nitrogens with one attached hydrogen (secondary N) is 1. The molecule has 1 N–H and O–H groups in total. The van der Waals surface area contributed by atoms with Gasteiger partial charge in [0.15, 0.2) is 5.16 Å². The highest BCUT2D eigenvalue weighted by molar-refractivity contribution is 8.00. The number of benzene rings is 1. The Morgan fingerprint density at radius 1 is 1.24 bits per heavy atom. The van der Waals surface area contributed by atoms with Crippen LogP contribution in [-0.4, -0.2) is 26.2 Å². The summed E-state index contributed by atoms with van der Waals surface area (Å²) >= 11 is 1.38. The average Bonchev–Trinajstić information content (AvgIpc) is 2.63. The third-order valence-corrected chi connectivity index (χ3v) is 6.99. The number of aromatic nitrogens is 2. The molecule has 1 heterocycles. The summed E-state index contributed by atoms with van der Waals surface area (Å²) in [5.41, 5.74) is 0.402. The fourth-order valence-corrected chi connectivity index (χ4v) is 5.07. The number of amides is 1. The van der Waals surface area contributed by atoms with E-state index >= 15 is 0 Å². The number of nitrogens with zero attached hydrogens (tertiary/aromatic N) is 2. The first-order chi connectivity index (χ1) is 13.6. The Morgan fingerprint density at radius 2 is 1.93 bits per heavy atom. The van der Waals surface area contributed by atoms with Gasteiger partial charge in [-0.15, -0.1) is 0 Å². The van der Waals surface area contributed by atoms with Crippen LogP contribution in [0.4, 0.5) is 0 Å². The first-order valence-electron chi connectivity index (χ1n) is 10.6. The first-order valence-corrected chi connectivity index (χ1v) is 11.5. The van der Waals surface area contributed by atoms with Gasteiger partial charge in [-0.05, 0) is 58.1 Å². The molecule has 1 fully saturated rings. The van der Waals surface area contributed by atoms with Crippen LogP contribution >= 0.6 is 11.8 Å². The molecule has 0 unspecified atom stereocenters. The van der Waals surface area contributed by atoms with Crippen LogP contribution in [0.3, 0.4) is 0 Å². The highest BCUT2D eigenvalue weighted by Gasteiger charge is 2.32. The molecule has 2 aromatic rings. The lowest BCUT2D eigenvalue weighted by Crippen LogP contribution is -2.44.